The first-order valence-electron chi connectivity index (χ1n) is 7.75. The maximum absolute atomic E-state index is 13.4. The lowest BCUT2D eigenvalue weighted by molar-refractivity contribution is 0.147. The van der Waals surface area contributed by atoms with E-state index in [-0.39, 0.29) is 23.9 Å². The van der Waals surface area contributed by atoms with E-state index < -0.39 is 8.07 Å². The molecule has 0 aromatic heterocycles. The fourth-order valence-electron chi connectivity index (χ4n) is 2.56. The Balaban J connectivity index is 1.87. The fraction of sp³-hybridized carbons (Fsp3) is 0.562. The quantitative estimate of drug-likeness (QED) is 0.819. The summed E-state index contributed by atoms with van der Waals surface area (Å²) in [6, 6.07) is 7.44. The normalized spacial score (nSPS) is 21.6. The van der Waals surface area contributed by atoms with Gasteiger partial charge in [-0.15, -0.1) is 0 Å². The van der Waals surface area contributed by atoms with Crippen molar-refractivity contribution in [2.45, 2.75) is 37.6 Å². The lowest BCUT2D eigenvalue weighted by Gasteiger charge is -2.21. The van der Waals surface area contributed by atoms with E-state index in [0.717, 1.165) is 18.2 Å². The number of carbonyl (C=O) groups excluding carboxylic acids is 1. The summed E-state index contributed by atoms with van der Waals surface area (Å²) in [7, 11) is -1.20. The molecule has 2 N–H and O–H groups in total. The molecule has 0 aliphatic carbocycles. The molecule has 6 heteroatoms. The van der Waals surface area contributed by atoms with Gasteiger partial charge in [-0.2, -0.15) is 0 Å². The van der Waals surface area contributed by atoms with Crippen molar-refractivity contribution < 1.29 is 13.9 Å². The Labute approximate surface area is 132 Å². The van der Waals surface area contributed by atoms with E-state index in [0.29, 0.717) is 13.2 Å². The molecule has 4 nitrogen and oxygen atoms in total. The number of alkyl carbamates (subject to hydrolysis) is 1. The van der Waals surface area contributed by atoms with Gasteiger partial charge in [-0.3, -0.25) is 0 Å². The maximum Gasteiger partial charge on any atom is 0.407 e. The van der Waals surface area contributed by atoms with Crippen molar-refractivity contribution in [3.8, 4) is 0 Å². The van der Waals surface area contributed by atoms with E-state index in [1.54, 1.807) is 6.07 Å². The average Bonchev–Trinajstić information content (AvgIpc) is 2.85. The third-order valence-electron chi connectivity index (χ3n) is 3.88. The predicted octanol–water partition coefficient (Wildman–Crippen LogP) is 2.95. The van der Waals surface area contributed by atoms with Crippen molar-refractivity contribution in [3.63, 3.8) is 0 Å². The molecule has 1 saturated heterocycles. The number of carbonyl (C=O) groups is 1. The van der Waals surface area contributed by atoms with E-state index in [4.69, 9.17) is 4.74 Å². The summed E-state index contributed by atoms with van der Waals surface area (Å²) in [5, 5.41) is 6.14. The first-order chi connectivity index (χ1) is 10.3. The van der Waals surface area contributed by atoms with Crippen molar-refractivity contribution in [3.05, 3.63) is 35.6 Å². The van der Waals surface area contributed by atoms with E-state index >= 15 is 0 Å². The van der Waals surface area contributed by atoms with Gasteiger partial charge in [0.2, 0.25) is 0 Å². The molecular formula is C16H25FN2O2Si. The van der Waals surface area contributed by atoms with Crippen LogP contribution in [0.5, 0.6) is 0 Å². The SMILES string of the molecule is C[Si](C)(C)CCOC(=O)N[C@@H]1CNC[C@H]1c1cccc(F)c1. The van der Waals surface area contributed by atoms with E-state index in [1.807, 2.05) is 6.07 Å². The molecule has 1 amide bonds. The van der Waals surface area contributed by atoms with E-state index in [1.165, 1.54) is 12.1 Å². The van der Waals surface area contributed by atoms with Crippen LogP contribution in [0.3, 0.4) is 0 Å². The van der Waals surface area contributed by atoms with Gasteiger partial charge in [0.15, 0.2) is 0 Å². The van der Waals surface area contributed by atoms with E-state index in [9.17, 15) is 9.18 Å². The molecule has 1 aliphatic rings. The van der Waals surface area contributed by atoms with Gasteiger partial charge in [-0.1, -0.05) is 31.8 Å². The van der Waals surface area contributed by atoms with Gasteiger partial charge in [0, 0.05) is 27.1 Å². The van der Waals surface area contributed by atoms with Gasteiger partial charge in [0.1, 0.15) is 5.82 Å². The van der Waals surface area contributed by atoms with Gasteiger partial charge in [-0.25, -0.2) is 9.18 Å². The number of halogens is 1. The highest BCUT2D eigenvalue weighted by Crippen LogP contribution is 2.23. The number of ether oxygens (including phenoxy) is 1. The van der Waals surface area contributed by atoms with Gasteiger partial charge in [0.05, 0.1) is 12.6 Å². The number of amides is 1. The van der Waals surface area contributed by atoms with Crippen molar-refractivity contribution in [2.24, 2.45) is 0 Å². The molecule has 122 valence electrons. The molecular weight excluding hydrogens is 299 g/mol. The summed E-state index contributed by atoms with van der Waals surface area (Å²) < 4.78 is 18.6. The van der Waals surface area contributed by atoms with Crippen molar-refractivity contribution >= 4 is 14.2 Å². The van der Waals surface area contributed by atoms with Gasteiger partial charge < -0.3 is 15.4 Å². The lowest BCUT2D eigenvalue weighted by atomic mass is 9.94. The zero-order chi connectivity index (χ0) is 16.2. The van der Waals surface area contributed by atoms with Crippen LogP contribution in [-0.2, 0) is 4.74 Å². The summed E-state index contributed by atoms with van der Waals surface area (Å²) in [4.78, 5) is 11.9. The highest BCUT2D eigenvalue weighted by molar-refractivity contribution is 6.76. The number of hydrogen-bond donors (Lipinski definition) is 2. The first-order valence-corrected chi connectivity index (χ1v) is 11.5. The third kappa shape index (κ3) is 5.10. The van der Waals surface area contributed by atoms with Gasteiger partial charge in [-0.05, 0) is 23.7 Å². The molecule has 0 saturated carbocycles. The second kappa shape index (κ2) is 7.24. The molecule has 22 heavy (non-hydrogen) atoms. The molecule has 1 fully saturated rings. The third-order valence-corrected chi connectivity index (χ3v) is 5.58. The Morgan fingerprint density at radius 1 is 1.41 bits per heavy atom. The molecule has 1 heterocycles. The molecule has 0 radical (unpaired) electrons. The monoisotopic (exact) mass is 324 g/mol. The summed E-state index contributed by atoms with van der Waals surface area (Å²) in [5.74, 6) is -0.180. The highest BCUT2D eigenvalue weighted by atomic mass is 28.3. The Kier molecular flexibility index (Phi) is 5.58. The molecule has 1 aromatic rings. The minimum absolute atomic E-state index is 0.0684. The summed E-state index contributed by atoms with van der Waals surface area (Å²) in [6.07, 6.45) is -0.381. The second-order valence-electron chi connectivity index (χ2n) is 7.02. The Hall–Kier alpha value is -1.40. The zero-order valence-electron chi connectivity index (χ0n) is 13.5. The number of rotatable bonds is 5. The second-order valence-corrected chi connectivity index (χ2v) is 12.6. The number of benzene rings is 1. The minimum Gasteiger partial charge on any atom is -0.450 e. The smallest absolute Gasteiger partial charge is 0.407 e. The van der Waals surface area contributed by atoms with Crippen molar-refractivity contribution in [2.75, 3.05) is 19.7 Å². The Morgan fingerprint density at radius 2 is 2.18 bits per heavy atom. The Bertz CT molecular complexity index is 519. The van der Waals surface area contributed by atoms with Crippen LogP contribution < -0.4 is 10.6 Å². The predicted molar refractivity (Wildman–Crippen MR) is 88.4 cm³/mol. The van der Waals surface area contributed by atoms with Crippen LogP contribution >= 0.6 is 0 Å². The number of hydrogen-bond acceptors (Lipinski definition) is 3. The Morgan fingerprint density at radius 3 is 2.86 bits per heavy atom. The van der Waals surface area contributed by atoms with Crippen LogP contribution in [0.1, 0.15) is 11.5 Å². The molecule has 1 aliphatic heterocycles. The largest absolute Gasteiger partial charge is 0.450 e. The van der Waals surface area contributed by atoms with Gasteiger partial charge in [0.25, 0.3) is 0 Å². The van der Waals surface area contributed by atoms with Crippen LogP contribution in [0, 0.1) is 5.82 Å². The van der Waals surface area contributed by atoms with Crippen LogP contribution in [-0.4, -0.2) is 39.9 Å². The first kappa shape index (κ1) is 17.0. The van der Waals surface area contributed by atoms with E-state index in [2.05, 4.69) is 30.3 Å². The van der Waals surface area contributed by atoms with Crippen LogP contribution in [0.15, 0.2) is 24.3 Å². The molecule has 0 spiro atoms. The van der Waals surface area contributed by atoms with Crippen LogP contribution in [0.25, 0.3) is 0 Å². The molecule has 2 atom stereocenters. The number of nitrogens with one attached hydrogen (secondary N) is 2. The summed E-state index contributed by atoms with van der Waals surface area (Å²) >= 11 is 0. The van der Waals surface area contributed by atoms with Crippen LogP contribution in [0.2, 0.25) is 25.7 Å². The van der Waals surface area contributed by atoms with Crippen LogP contribution in [0.4, 0.5) is 9.18 Å². The molecule has 0 bridgehead atoms. The molecule has 2 rings (SSSR count). The maximum atomic E-state index is 13.4. The van der Waals surface area contributed by atoms with Crippen molar-refractivity contribution in [1.82, 2.24) is 10.6 Å². The highest BCUT2D eigenvalue weighted by Gasteiger charge is 2.30. The fourth-order valence-corrected chi connectivity index (χ4v) is 3.28. The zero-order valence-corrected chi connectivity index (χ0v) is 14.5. The molecule has 0 unspecified atom stereocenters. The van der Waals surface area contributed by atoms with Gasteiger partial charge >= 0.3 is 6.09 Å². The van der Waals surface area contributed by atoms with Crippen molar-refractivity contribution in [1.29, 1.82) is 0 Å². The topological polar surface area (TPSA) is 50.4 Å². The minimum atomic E-state index is -1.20. The molecule has 1 aromatic carbocycles. The lowest BCUT2D eigenvalue weighted by Crippen LogP contribution is -2.40. The average molecular weight is 324 g/mol. The summed E-state index contributed by atoms with van der Waals surface area (Å²) in [5.41, 5.74) is 0.900. The summed E-state index contributed by atoms with van der Waals surface area (Å²) in [6.45, 7) is 8.60. The standard InChI is InChI=1S/C16H25FN2O2Si/c1-22(2,3)8-7-21-16(20)19-15-11-18-10-14(15)12-5-4-6-13(17)9-12/h4-6,9,14-15,18H,7-8,10-11H2,1-3H3,(H,19,20)/t14-,15+/m0/s1.